The fraction of sp³-hybridized carbons (Fsp3) is 0.200. The number of benzene rings is 3. The second-order valence-corrected chi connectivity index (χ2v) is 7.77. The number of hydrogen-bond acceptors (Lipinski definition) is 3. The summed E-state index contributed by atoms with van der Waals surface area (Å²) in [5.74, 6) is -0.194. The van der Waals surface area contributed by atoms with Crippen molar-refractivity contribution in [1.82, 2.24) is 10.6 Å². The van der Waals surface area contributed by atoms with Gasteiger partial charge in [0.25, 0.3) is 0 Å². The average Bonchev–Trinajstić information content (AvgIpc) is 2.78. The van der Waals surface area contributed by atoms with Crippen LogP contribution in [0.4, 0.5) is 4.39 Å². The van der Waals surface area contributed by atoms with E-state index in [2.05, 4.69) is 10.6 Å². The number of ether oxygens (including phenoxy) is 1. The van der Waals surface area contributed by atoms with Gasteiger partial charge in [-0.05, 0) is 53.1 Å². The Bertz CT molecular complexity index is 1050. The van der Waals surface area contributed by atoms with E-state index < -0.39 is 12.1 Å². The van der Waals surface area contributed by atoms with Gasteiger partial charge in [-0.15, -0.1) is 0 Å². The molecule has 0 heterocycles. The molecule has 0 saturated carbocycles. The Balaban J connectivity index is 1.84. The van der Waals surface area contributed by atoms with Gasteiger partial charge >= 0.3 is 0 Å². The van der Waals surface area contributed by atoms with E-state index >= 15 is 0 Å². The van der Waals surface area contributed by atoms with Gasteiger partial charge in [-0.3, -0.25) is 9.59 Å². The first-order valence-electron chi connectivity index (χ1n) is 10.1. The SMILES string of the molecule is COc1ccc(C(NC(=O)CC(NC(C)=O)c2ccc(Cl)cc2)c2ccc(F)cc2)cc1. The van der Waals surface area contributed by atoms with Crippen LogP contribution in [-0.4, -0.2) is 18.9 Å². The molecule has 0 aromatic heterocycles. The number of carbonyl (C=O) groups excluding carboxylic acids is 2. The van der Waals surface area contributed by atoms with Gasteiger partial charge < -0.3 is 15.4 Å². The number of carbonyl (C=O) groups is 2. The van der Waals surface area contributed by atoms with Crippen LogP contribution >= 0.6 is 11.6 Å². The number of halogens is 2. The first-order chi connectivity index (χ1) is 15.4. The van der Waals surface area contributed by atoms with Crippen molar-refractivity contribution in [1.29, 1.82) is 0 Å². The van der Waals surface area contributed by atoms with Gasteiger partial charge in [0, 0.05) is 11.9 Å². The van der Waals surface area contributed by atoms with Gasteiger partial charge in [-0.1, -0.05) is 48.0 Å². The predicted molar refractivity (Wildman–Crippen MR) is 122 cm³/mol. The molecular weight excluding hydrogens is 431 g/mol. The molecule has 0 aliphatic carbocycles. The fourth-order valence-corrected chi connectivity index (χ4v) is 3.53. The van der Waals surface area contributed by atoms with Gasteiger partial charge in [0.2, 0.25) is 11.8 Å². The number of nitrogens with one attached hydrogen (secondary N) is 2. The summed E-state index contributed by atoms with van der Waals surface area (Å²) in [4.78, 5) is 24.8. The Labute approximate surface area is 191 Å². The lowest BCUT2D eigenvalue weighted by Gasteiger charge is -2.23. The Morgan fingerprint density at radius 3 is 1.94 bits per heavy atom. The zero-order valence-electron chi connectivity index (χ0n) is 17.8. The van der Waals surface area contributed by atoms with E-state index in [0.29, 0.717) is 10.8 Å². The van der Waals surface area contributed by atoms with E-state index in [1.54, 1.807) is 55.6 Å². The number of rotatable bonds is 8. The van der Waals surface area contributed by atoms with Gasteiger partial charge in [-0.25, -0.2) is 4.39 Å². The Kier molecular flexibility index (Phi) is 7.84. The summed E-state index contributed by atoms with van der Waals surface area (Å²) in [5, 5.41) is 6.39. The topological polar surface area (TPSA) is 67.4 Å². The molecule has 3 aromatic rings. The van der Waals surface area contributed by atoms with Crippen molar-refractivity contribution in [2.24, 2.45) is 0 Å². The Morgan fingerprint density at radius 2 is 1.41 bits per heavy atom. The van der Waals surface area contributed by atoms with Crippen molar-refractivity contribution in [3.05, 3.63) is 100 Å². The number of amides is 2. The molecule has 0 spiro atoms. The molecule has 166 valence electrons. The van der Waals surface area contributed by atoms with Crippen molar-refractivity contribution in [2.45, 2.75) is 25.4 Å². The van der Waals surface area contributed by atoms with E-state index in [9.17, 15) is 14.0 Å². The fourth-order valence-electron chi connectivity index (χ4n) is 3.41. The second-order valence-electron chi connectivity index (χ2n) is 7.33. The smallest absolute Gasteiger partial charge is 0.223 e. The summed E-state index contributed by atoms with van der Waals surface area (Å²) in [6, 6.07) is 19.2. The zero-order valence-corrected chi connectivity index (χ0v) is 18.5. The zero-order chi connectivity index (χ0) is 23.1. The molecule has 2 amide bonds. The van der Waals surface area contributed by atoms with Crippen molar-refractivity contribution >= 4 is 23.4 Å². The highest BCUT2D eigenvalue weighted by Gasteiger charge is 2.22. The summed E-state index contributed by atoms with van der Waals surface area (Å²) in [5.41, 5.74) is 2.31. The number of hydrogen-bond donors (Lipinski definition) is 2. The molecule has 0 fully saturated rings. The van der Waals surface area contributed by atoms with Crippen molar-refractivity contribution < 1.29 is 18.7 Å². The monoisotopic (exact) mass is 454 g/mol. The van der Waals surface area contributed by atoms with Crippen LogP contribution in [-0.2, 0) is 9.59 Å². The normalized spacial score (nSPS) is 12.5. The third-order valence-corrected chi connectivity index (χ3v) is 5.25. The summed E-state index contributed by atoms with van der Waals surface area (Å²) in [6.07, 6.45) is 0.0229. The highest BCUT2D eigenvalue weighted by molar-refractivity contribution is 6.30. The molecule has 5 nitrogen and oxygen atoms in total. The van der Waals surface area contributed by atoms with Crippen molar-refractivity contribution in [3.8, 4) is 5.75 Å². The van der Waals surface area contributed by atoms with E-state index in [1.807, 2.05) is 12.1 Å². The molecule has 0 saturated heterocycles. The predicted octanol–water partition coefficient (Wildman–Crippen LogP) is 4.96. The van der Waals surface area contributed by atoms with Crippen molar-refractivity contribution in [3.63, 3.8) is 0 Å². The lowest BCUT2D eigenvalue weighted by atomic mass is 9.97. The lowest BCUT2D eigenvalue weighted by molar-refractivity contribution is -0.123. The van der Waals surface area contributed by atoms with E-state index in [1.165, 1.54) is 19.1 Å². The third-order valence-electron chi connectivity index (χ3n) is 5.00. The lowest BCUT2D eigenvalue weighted by Crippen LogP contribution is -2.34. The van der Waals surface area contributed by atoms with Crippen LogP contribution in [0.15, 0.2) is 72.8 Å². The van der Waals surface area contributed by atoms with Crippen LogP contribution < -0.4 is 15.4 Å². The standard InChI is InChI=1S/C25H24ClFN2O3/c1-16(30)28-23(17-3-9-20(26)10-4-17)15-24(31)29-25(18-5-11-21(27)12-6-18)19-7-13-22(32-2)14-8-19/h3-14,23,25H,15H2,1-2H3,(H,28,30)(H,29,31). The van der Waals surface area contributed by atoms with Crippen LogP contribution in [0.25, 0.3) is 0 Å². The summed E-state index contributed by atoms with van der Waals surface area (Å²) < 4.78 is 18.7. The molecular formula is C25H24ClFN2O3. The Morgan fingerprint density at radius 1 is 0.875 bits per heavy atom. The molecule has 7 heteroatoms. The van der Waals surface area contributed by atoms with E-state index in [0.717, 1.165) is 16.7 Å². The highest BCUT2D eigenvalue weighted by Crippen LogP contribution is 2.26. The summed E-state index contributed by atoms with van der Waals surface area (Å²) >= 11 is 5.96. The highest BCUT2D eigenvalue weighted by atomic mass is 35.5. The maximum Gasteiger partial charge on any atom is 0.223 e. The van der Waals surface area contributed by atoms with Crippen LogP contribution in [0, 0.1) is 5.82 Å². The molecule has 3 rings (SSSR count). The largest absolute Gasteiger partial charge is 0.497 e. The minimum Gasteiger partial charge on any atom is -0.497 e. The van der Waals surface area contributed by atoms with Crippen LogP contribution in [0.5, 0.6) is 5.75 Å². The average molecular weight is 455 g/mol. The maximum atomic E-state index is 13.5. The minimum atomic E-state index is -0.519. The van der Waals surface area contributed by atoms with E-state index in [-0.39, 0.29) is 24.1 Å². The van der Waals surface area contributed by atoms with E-state index in [4.69, 9.17) is 16.3 Å². The maximum absolute atomic E-state index is 13.5. The quantitative estimate of drug-likeness (QED) is 0.505. The molecule has 0 bridgehead atoms. The van der Waals surface area contributed by atoms with Gasteiger partial charge in [0.05, 0.1) is 25.6 Å². The third kappa shape index (κ3) is 6.31. The second kappa shape index (κ2) is 10.8. The molecule has 0 aliphatic heterocycles. The molecule has 3 aromatic carbocycles. The molecule has 0 radical (unpaired) electrons. The van der Waals surface area contributed by atoms with Gasteiger partial charge in [0.15, 0.2) is 0 Å². The molecule has 32 heavy (non-hydrogen) atoms. The van der Waals surface area contributed by atoms with Crippen LogP contribution in [0.1, 0.15) is 42.1 Å². The molecule has 2 atom stereocenters. The molecule has 2 N–H and O–H groups in total. The van der Waals surface area contributed by atoms with Crippen LogP contribution in [0.2, 0.25) is 5.02 Å². The number of methoxy groups -OCH3 is 1. The van der Waals surface area contributed by atoms with Gasteiger partial charge in [-0.2, -0.15) is 0 Å². The minimum absolute atomic E-state index is 0.0229. The van der Waals surface area contributed by atoms with Crippen LogP contribution in [0.3, 0.4) is 0 Å². The molecule has 2 unspecified atom stereocenters. The first-order valence-corrected chi connectivity index (χ1v) is 10.4. The van der Waals surface area contributed by atoms with Crippen molar-refractivity contribution in [2.75, 3.05) is 7.11 Å². The summed E-state index contributed by atoms with van der Waals surface area (Å²) in [6.45, 7) is 1.40. The molecule has 0 aliphatic rings. The van der Waals surface area contributed by atoms with Gasteiger partial charge in [0.1, 0.15) is 11.6 Å². The Hall–Kier alpha value is -3.38. The summed E-state index contributed by atoms with van der Waals surface area (Å²) in [7, 11) is 1.58. The first kappa shape index (κ1) is 23.3.